The van der Waals surface area contributed by atoms with Crippen molar-refractivity contribution >= 4 is 56.3 Å². The number of halogens is 3. The van der Waals surface area contributed by atoms with Crippen molar-refractivity contribution in [1.82, 2.24) is 0 Å². The van der Waals surface area contributed by atoms with Crippen LogP contribution in [0.1, 0.15) is 22.3 Å². The average molecular weight is 582 g/mol. The fourth-order valence-electron chi connectivity index (χ4n) is 2.49. The Labute approximate surface area is 196 Å². The molecule has 0 bridgehead atoms. The molecule has 4 nitrogen and oxygen atoms in total. The van der Waals surface area contributed by atoms with E-state index in [1.165, 1.54) is 3.57 Å². The number of ether oxygens (including phenoxy) is 1. The van der Waals surface area contributed by atoms with Crippen molar-refractivity contribution in [2.45, 2.75) is 13.2 Å². The Bertz CT molecular complexity index is 1040. The quantitative estimate of drug-likeness (QED) is 0.177. The minimum absolute atomic E-state index is 0.215. The summed E-state index contributed by atoms with van der Waals surface area (Å²) in [7, 11) is 0. The summed E-state index contributed by atoms with van der Waals surface area (Å²) >= 11 is 12.1. The molecule has 0 aliphatic heterocycles. The highest BCUT2D eigenvalue weighted by molar-refractivity contribution is 14.1. The Morgan fingerprint density at radius 2 is 1.86 bits per heavy atom. The smallest absolute Gasteiger partial charge is 0.152 e. The molecule has 3 rings (SSSR count). The summed E-state index contributed by atoms with van der Waals surface area (Å²) < 4.78 is 7.77. The number of oxime groups is 1. The van der Waals surface area contributed by atoms with Gasteiger partial charge in [-0.1, -0.05) is 47.1 Å². The minimum atomic E-state index is 0.215. The second kappa shape index (κ2) is 10.6. The Morgan fingerprint density at radius 3 is 2.59 bits per heavy atom. The maximum Gasteiger partial charge on any atom is 0.152 e. The number of nitriles is 1. The van der Waals surface area contributed by atoms with E-state index >= 15 is 0 Å². The highest BCUT2D eigenvalue weighted by atomic mass is 127. The first-order chi connectivity index (χ1) is 14.1. The van der Waals surface area contributed by atoms with Crippen LogP contribution in [0.3, 0.4) is 0 Å². The van der Waals surface area contributed by atoms with Crippen LogP contribution in [-0.4, -0.2) is 6.21 Å². The number of hydrogen-bond acceptors (Lipinski definition) is 4. The van der Waals surface area contributed by atoms with Crippen LogP contribution in [0, 0.1) is 14.9 Å². The average Bonchev–Trinajstić information content (AvgIpc) is 2.72. The fourth-order valence-corrected chi connectivity index (χ4v) is 3.84. The largest absolute Gasteiger partial charge is 0.486 e. The SMILES string of the molecule is N#Cc1ccccc1CO/N=C\c1cc(Cl)c(OCc2ccc(I)cc2)c(Br)c1. The fraction of sp³-hybridized carbons (Fsp3) is 0.0909. The van der Waals surface area contributed by atoms with E-state index in [2.05, 4.69) is 49.7 Å². The van der Waals surface area contributed by atoms with Crippen LogP contribution in [0.25, 0.3) is 0 Å². The van der Waals surface area contributed by atoms with Gasteiger partial charge in [0.05, 0.1) is 27.3 Å². The molecule has 0 atom stereocenters. The monoisotopic (exact) mass is 580 g/mol. The van der Waals surface area contributed by atoms with E-state index in [4.69, 9.17) is 26.4 Å². The minimum Gasteiger partial charge on any atom is -0.486 e. The Morgan fingerprint density at radius 1 is 1.10 bits per heavy atom. The van der Waals surface area contributed by atoms with Crippen LogP contribution in [-0.2, 0) is 18.1 Å². The van der Waals surface area contributed by atoms with Gasteiger partial charge in [-0.15, -0.1) is 0 Å². The third kappa shape index (κ3) is 6.20. The Balaban J connectivity index is 1.61. The molecule has 0 N–H and O–H groups in total. The molecule has 29 heavy (non-hydrogen) atoms. The molecule has 0 aliphatic rings. The van der Waals surface area contributed by atoms with Gasteiger partial charge in [-0.2, -0.15) is 5.26 Å². The molecule has 3 aromatic rings. The summed E-state index contributed by atoms with van der Waals surface area (Å²) in [6.07, 6.45) is 1.56. The zero-order valence-electron chi connectivity index (χ0n) is 15.1. The predicted octanol–water partition coefficient (Wildman–Crippen LogP) is 6.71. The molecule has 7 heteroatoms. The third-order valence-corrected chi connectivity index (χ3v) is 5.54. The number of rotatable bonds is 7. The van der Waals surface area contributed by atoms with E-state index in [9.17, 15) is 0 Å². The summed E-state index contributed by atoms with van der Waals surface area (Å²) in [6, 6.07) is 21.1. The highest BCUT2D eigenvalue weighted by Gasteiger charge is 2.09. The van der Waals surface area contributed by atoms with E-state index in [1.807, 2.05) is 48.5 Å². The molecular weight excluding hydrogens is 567 g/mol. The van der Waals surface area contributed by atoms with E-state index < -0.39 is 0 Å². The predicted molar refractivity (Wildman–Crippen MR) is 126 cm³/mol. The molecule has 3 aromatic carbocycles. The van der Waals surface area contributed by atoms with Gasteiger partial charge in [0.15, 0.2) is 5.75 Å². The molecule has 0 aromatic heterocycles. The van der Waals surface area contributed by atoms with Gasteiger partial charge in [0.25, 0.3) is 0 Å². The third-order valence-electron chi connectivity index (χ3n) is 3.95. The normalized spacial score (nSPS) is 10.7. The van der Waals surface area contributed by atoms with E-state index in [0.29, 0.717) is 22.9 Å². The molecule has 0 saturated heterocycles. The van der Waals surface area contributed by atoms with Crippen molar-refractivity contribution in [1.29, 1.82) is 5.26 Å². The zero-order chi connectivity index (χ0) is 20.6. The summed E-state index contributed by atoms with van der Waals surface area (Å²) in [5.74, 6) is 0.575. The van der Waals surface area contributed by atoms with E-state index in [-0.39, 0.29) is 6.61 Å². The van der Waals surface area contributed by atoms with Gasteiger partial charge in [-0.05, 0) is 80.0 Å². The second-order valence-electron chi connectivity index (χ2n) is 6.01. The van der Waals surface area contributed by atoms with Gasteiger partial charge in [0.2, 0.25) is 0 Å². The van der Waals surface area contributed by atoms with Crippen LogP contribution >= 0.6 is 50.1 Å². The summed E-state index contributed by atoms with van der Waals surface area (Å²) in [4.78, 5) is 5.32. The molecule has 0 aliphatic carbocycles. The van der Waals surface area contributed by atoms with Crippen molar-refractivity contribution in [3.05, 3.63) is 96.0 Å². The maximum atomic E-state index is 9.09. The first-order valence-electron chi connectivity index (χ1n) is 8.56. The lowest BCUT2D eigenvalue weighted by molar-refractivity contribution is 0.132. The van der Waals surface area contributed by atoms with Crippen molar-refractivity contribution in [3.8, 4) is 11.8 Å². The zero-order valence-corrected chi connectivity index (χ0v) is 19.6. The Kier molecular flexibility index (Phi) is 7.92. The van der Waals surface area contributed by atoms with Gasteiger partial charge in [0, 0.05) is 9.13 Å². The van der Waals surface area contributed by atoms with Crippen LogP contribution in [0.5, 0.6) is 5.75 Å². The van der Waals surface area contributed by atoms with Crippen LogP contribution in [0.15, 0.2) is 70.3 Å². The summed E-state index contributed by atoms with van der Waals surface area (Å²) in [6.45, 7) is 0.635. The molecule has 0 spiro atoms. The van der Waals surface area contributed by atoms with Gasteiger partial charge in [-0.25, -0.2) is 0 Å². The Hall–Kier alpha value is -2.08. The molecule has 0 radical (unpaired) electrons. The number of nitrogens with zero attached hydrogens (tertiary/aromatic N) is 2. The molecule has 0 saturated carbocycles. The highest BCUT2D eigenvalue weighted by Crippen LogP contribution is 2.34. The summed E-state index contributed by atoms with van der Waals surface area (Å²) in [5.41, 5.74) is 3.18. The topological polar surface area (TPSA) is 54.6 Å². The van der Waals surface area contributed by atoms with Gasteiger partial charge in [0.1, 0.15) is 13.2 Å². The number of hydrogen-bond donors (Lipinski definition) is 0. The van der Waals surface area contributed by atoms with Crippen LogP contribution in [0.2, 0.25) is 5.02 Å². The maximum absolute atomic E-state index is 9.09. The van der Waals surface area contributed by atoms with Crippen molar-refractivity contribution in [3.63, 3.8) is 0 Å². The summed E-state index contributed by atoms with van der Waals surface area (Å²) in [5, 5.41) is 13.5. The molecule has 0 heterocycles. The first kappa shape index (κ1) is 21.6. The van der Waals surface area contributed by atoms with Crippen molar-refractivity contribution in [2.24, 2.45) is 5.16 Å². The van der Waals surface area contributed by atoms with Crippen molar-refractivity contribution in [2.75, 3.05) is 0 Å². The molecule has 0 amide bonds. The van der Waals surface area contributed by atoms with Gasteiger partial charge >= 0.3 is 0 Å². The molecular formula is C22H15BrClIN2O2. The lowest BCUT2D eigenvalue weighted by atomic mass is 10.1. The number of benzene rings is 3. The standard InChI is InChI=1S/C22H15BrClIN2O2/c23-20-9-16(12-27-29-14-18-4-2-1-3-17(18)11-26)10-21(24)22(20)28-13-15-5-7-19(25)8-6-15/h1-10,12H,13-14H2/b27-12-. The van der Waals surface area contributed by atoms with E-state index in [0.717, 1.165) is 21.2 Å². The van der Waals surface area contributed by atoms with E-state index in [1.54, 1.807) is 18.3 Å². The van der Waals surface area contributed by atoms with Crippen LogP contribution < -0.4 is 4.74 Å². The van der Waals surface area contributed by atoms with Gasteiger partial charge < -0.3 is 9.57 Å². The second-order valence-corrected chi connectivity index (χ2v) is 8.51. The first-order valence-corrected chi connectivity index (χ1v) is 10.8. The van der Waals surface area contributed by atoms with Crippen LogP contribution in [0.4, 0.5) is 0 Å². The van der Waals surface area contributed by atoms with Crippen molar-refractivity contribution < 1.29 is 9.57 Å². The molecule has 0 unspecified atom stereocenters. The molecule has 0 fully saturated rings. The molecule has 146 valence electrons. The lowest BCUT2D eigenvalue weighted by Crippen LogP contribution is -1.98. The van der Waals surface area contributed by atoms with Gasteiger partial charge in [-0.3, -0.25) is 0 Å². The lowest BCUT2D eigenvalue weighted by Gasteiger charge is -2.11.